The minimum absolute atomic E-state index is 0.211. The van der Waals surface area contributed by atoms with E-state index in [0.29, 0.717) is 17.1 Å². The van der Waals surface area contributed by atoms with Crippen molar-refractivity contribution in [3.05, 3.63) is 83.2 Å². The molecule has 5 nitrogen and oxygen atoms in total. The number of ether oxygens (including phenoxy) is 1. The van der Waals surface area contributed by atoms with E-state index in [9.17, 15) is 12.8 Å². The van der Waals surface area contributed by atoms with Crippen LogP contribution in [0.2, 0.25) is 0 Å². The summed E-state index contributed by atoms with van der Waals surface area (Å²) >= 11 is 0. The Balaban J connectivity index is 1.76. The maximum Gasteiger partial charge on any atom is 0.266 e. The first-order chi connectivity index (χ1) is 14.3. The first kappa shape index (κ1) is 18.9. The molecule has 3 aromatic rings. The van der Waals surface area contributed by atoms with Crippen molar-refractivity contribution < 1.29 is 17.5 Å². The Hall–Kier alpha value is -3.06. The van der Waals surface area contributed by atoms with Gasteiger partial charge in [-0.15, -0.1) is 0 Å². The third kappa shape index (κ3) is 2.41. The van der Waals surface area contributed by atoms with Crippen LogP contribution in [0.1, 0.15) is 23.6 Å². The normalized spacial score (nSPS) is 21.6. The summed E-state index contributed by atoms with van der Waals surface area (Å²) in [6.07, 6.45) is -0.622. The van der Waals surface area contributed by atoms with E-state index in [1.807, 2.05) is 19.9 Å². The molecule has 0 saturated heterocycles. The summed E-state index contributed by atoms with van der Waals surface area (Å²) in [6.45, 7) is 3.89. The molecular formula is C23H21FN2O3S. The Morgan fingerprint density at radius 2 is 1.77 bits per heavy atom. The molecule has 2 atom stereocenters. The molecule has 0 bridgehead atoms. The lowest BCUT2D eigenvalue weighted by Crippen LogP contribution is -2.47. The summed E-state index contributed by atoms with van der Waals surface area (Å²) in [7, 11) is -2.30. The zero-order valence-corrected chi connectivity index (χ0v) is 17.6. The molecule has 1 N–H and O–H groups in total. The van der Waals surface area contributed by atoms with E-state index in [4.69, 9.17) is 4.74 Å². The highest BCUT2D eigenvalue weighted by Gasteiger charge is 2.57. The third-order valence-corrected chi connectivity index (χ3v) is 7.99. The average Bonchev–Trinajstić information content (AvgIpc) is 3.14. The van der Waals surface area contributed by atoms with E-state index in [1.54, 1.807) is 49.6 Å². The number of aryl methyl sites for hydroxylation is 1. The van der Waals surface area contributed by atoms with Gasteiger partial charge in [-0.05, 0) is 67.4 Å². The molecule has 0 radical (unpaired) electrons. The largest absolute Gasteiger partial charge is 0.497 e. The SMILES string of the molecule is COc1ccc2c(c1)[C@]1(C)c3ccc(F)cc3N[C@@H]1N2S(=O)(=O)c1ccc(C)cc1. The number of nitrogens with zero attached hydrogens (tertiary/aromatic N) is 1. The highest BCUT2D eigenvalue weighted by molar-refractivity contribution is 7.93. The number of benzene rings is 3. The van der Waals surface area contributed by atoms with Gasteiger partial charge >= 0.3 is 0 Å². The maximum absolute atomic E-state index is 13.9. The number of sulfonamides is 1. The summed E-state index contributed by atoms with van der Waals surface area (Å²) in [4.78, 5) is 0.211. The Labute approximate surface area is 175 Å². The molecule has 0 aliphatic carbocycles. The molecule has 7 heteroatoms. The van der Waals surface area contributed by atoms with E-state index in [-0.39, 0.29) is 10.7 Å². The van der Waals surface area contributed by atoms with E-state index < -0.39 is 21.6 Å². The number of methoxy groups -OCH3 is 1. The zero-order valence-electron chi connectivity index (χ0n) is 16.8. The molecule has 0 aromatic heterocycles. The van der Waals surface area contributed by atoms with E-state index in [2.05, 4.69) is 5.32 Å². The first-order valence-corrected chi connectivity index (χ1v) is 11.1. The highest BCUT2D eigenvalue weighted by atomic mass is 32.2. The van der Waals surface area contributed by atoms with Crippen molar-refractivity contribution in [1.82, 2.24) is 0 Å². The minimum atomic E-state index is -3.87. The summed E-state index contributed by atoms with van der Waals surface area (Å²) in [5, 5.41) is 3.27. The Bertz CT molecular complexity index is 1270. The smallest absolute Gasteiger partial charge is 0.266 e. The molecule has 2 heterocycles. The van der Waals surface area contributed by atoms with E-state index >= 15 is 0 Å². The topological polar surface area (TPSA) is 58.6 Å². The standard InChI is InChI=1S/C23H21FN2O3S/c1-14-4-8-17(9-5-14)30(27,28)26-21-11-7-16(29-3)13-19(21)23(2)18-10-6-15(24)12-20(18)25-22(23)26/h4-13,22,25H,1-3H3/t22-,23+/m1/s1. The van der Waals surface area contributed by atoms with Crippen LogP contribution in [0.4, 0.5) is 15.8 Å². The van der Waals surface area contributed by atoms with Gasteiger partial charge < -0.3 is 10.1 Å². The van der Waals surface area contributed by atoms with Gasteiger partial charge in [0.15, 0.2) is 0 Å². The van der Waals surface area contributed by atoms with Crippen molar-refractivity contribution in [2.75, 3.05) is 16.7 Å². The number of hydrogen-bond donors (Lipinski definition) is 1. The summed E-state index contributed by atoms with van der Waals surface area (Å²) in [6, 6.07) is 16.7. The molecular weight excluding hydrogens is 403 g/mol. The number of rotatable bonds is 3. The van der Waals surface area contributed by atoms with E-state index in [0.717, 1.165) is 16.7 Å². The van der Waals surface area contributed by atoms with Crippen LogP contribution in [0.5, 0.6) is 5.75 Å². The van der Waals surface area contributed by atoms with Crippen molar-refractivity contribution in [3.63, 3.8) is 0 Å². The first-order valence-electron chi connectivity index (χ1n) is 9.63. The van der Waals surface area contributed by atoms with Gasteiger partial charge in [-0.1, -0.05) is 23.8 Å². The van der Waals surface area contributed by atoms with Crippen LogP contribution in [0.15, 0.2) is 65.6 Å². The molecule has 5 rings (SSSR count). The Morgan fingerprint density at radius 3 is 2.47 bits per heavy atom. The predicted octanol–water partition coefficient (Wildman–Crippen LogP) is 4.41. The summed E-state index contributed by atoms with van der Waals surface area (Å²) in [5.74, 6) is 0.266. The van der Waals surface area contributed by atoms with Crippen LogP contribution < -0.4 is 14.4 Å². The number of halogens is 1. The van der Waals surface area contributed by atoms with Crippen LogP contribution >= 0.6 is 0 Å². The summed E-state index contributed by atoms with van der Waals surface area (Å²) < 4.78 is 48.2. The molecule has 0 spiro atoms. The van der Waals surface area contributed by atoms with Crippen molar-refractivity contribution >= 4 is 21.4 Å². The van der Waals surface area contributed by atoms with Crippen molar-refractivity contribution in [2.24, 2.45) is 0 Å². The van der Waals surface area contributed by atoms with Gasteiger partial charge in [-0.2, -0.15) is 0 Å². The van der Waals surface area contributed by atoms with Crippen LogP contribution in [-0.2, 0) is 15.4 Å². The number of anilines is 2. The molecule has 2 aliphatic rings. The molecule has 0 fully saturated rings. The van der Waals surface area contributed by atoms with Crippen LogP contribution in [0, 0.1) is 12.7 Å². The monoisotopic (exact) mass is 424 g/mol. The highest BCUT2D eigenvalue weighted by Crippen LogP contribution is 2.57. The Morgan fingerprint density at radius 1 is 1.03 bits per heavy atom. The second-order valence-corrected chi connectivity index (χ2v) is 9.75. The molecule has 3 aromatic carbocycles. The number of hydrogen-bond acceptors (Lipinski definition) is 4. The van der Waals surface area contributed by atoms with Crippen LogP contribution in [0.25, 0.3) is 0 Å². The lowest BCUT2D eigenvalue weighted by atomic mass is 9.77. The maximum atomic E-state index is 13.9. The molecule has 0 amide bonds. The van der Waals surface area contributed by atoms with Gasteiger partial charge in [0.25, 0.3) is 10.0 Å². The van der Waals surface area contributed by atoms with Crippen molar-refractivity contribution in [1.29, 1.82) is 0 Å². The summed E-state index contributed by atoms with van der Waals surface area (Å²) in [5.41, 5.74) is 3.13. The van der Waals surface area contributed by atoms with Gasteiger partial charge in [-0.25, -0.2) is 17.1 Å². The fraction of sp³-hybridized carbons (Fsp3) is 0.217. The van der Waals surface area contributed by atoms with Gasteiger partial charge in [0.2, 0.25) is 0 Å². The van der Waals surface area contributed by atoms with Crippen LogP contribution in [0.3, 0.4) is 0 Å². The molecule has 30 heavy (non-hydrogen) atoms. The molecule has 0 unspecified atom stereocenters. The second kappa shape index (κ2) is 6.22. The van der Waals surface area contributed by atoms with Gasteiger partial charge in [0.05, 0.1) is 23.1 Å². The quantitative estimate of drug-likeness (QED) is 0.677. The minimum Gasteiger partial charge on any atom is -0.497 e. The molecule has 154 valence electrons. The van der Waals surface area contributed by atoms with Gasteiger partial charge in [0.1, 0.15) is 17.7 Å². The number of nitrogens with one attached hydrogen (secondary N) is 1. The average molecular weight is 424 g/mol. The fourth-order valence-corrected chi connectivity index (χ4v) is 6.26. The molecule has 2 aliphatic heterocycles. The zero-order chi connectivity index (χ0) is 21.3. The lowest BCUT2D eigenvalue weighted by Gasteiger charge is -2.30. The van der Waals surface area contributed by atoms with Crippen molar-refractivity contribution in [2.45, 2.75) is 30.3 Å². The van der Waals surface area contributed by atoms with Gasteiger partial charge in [-0.3, -0.25) is 0 Å². The fourth-order valence-electron chi connectivity index (χ4n) is 4.59. The lowest BCUT2D eigenvalue weighted by molar-refractivity contribution is 0.413. The predicted molar refractivity (Wildman–Crippen MR) is 114 cm³/mol. The van der Waals surface area contributed by atoms with Crippen LogP contribution in [-0.4, -0.2) is 21.7 Å². The van der Waals surface area contributed by atoms with Gasteiger partial charge in [0, 0.05) is 5.69 Å². The second-order valence-electron chi connectivity index (χ2n) is 7.94. The Kier molecular flexibility index (Phi) is 3.92. The van der Waals surface area contributed by atoms with Crippen molar-refractivity contribution in [3.8, 4) is 5.75 Å². The number of fused-ring (bicyclic) bond motifs is 5. The molecule has 0 saturated carbocycles. The third-order valence-electron chi connectivity index (χ3n) is 6.19. The van der Waals surface area contributed by atoms with E-state index in [1.165, 1.54) is 16.4 Å².